The van der Waals surface area contributed by atoms with Crippen molar-refractivity contribution >= 4 is 11.8 Å². The molecule has 0 radical (unpaired) electrons. The molecule has 0 aliphatic rings. The lowest BCUT2D eigenvalue weighted by molar-refractivity contribution is -0.130. The van der Waals surface area contributed by atoms with Crippen LogP contribution in [0.3, 0.4) is 0 Å². The fourth-order valence-corrected chi connectivity index (χ4v) is 1.36. The van der Waals surface area contributed by atoms with Gasteiger partial charge in [-0.05, 0) is 6.42 Å². The summed E-state index contributed by atoms with van der Waals surface area (Å²) in [7, 11) is 1.59. The van der Waals surface area contributed by atoms with E-state index < -0.39 is 0 Å². The van der Waals surface area contributed by atoms with Crippen molar-refractivity contribution < 1.29 is 14.3 Å². The van der Waals surface area contributed by atoms with Gasteiger partial charge in [-0.2, -0.15) is 0 Å². The summed E-state index contributed by atoms with van der Waals surface area (Å²) in [5.41, 5.74) is 0. The Balaban J connectivity index is 3.79. The van der Waals surface area contributed by atoms with Crippen molar-refractivity contribution in [1.82, 2.24) is 10.2 Å². The molecule has 5 nitrogen and oxygen atoms in total. The van der Waals surface area contributed by atoms with Crippen LogP contribution >= 0.6 is 0 Å². The van der Waals surface area contributed by atoms with Crippen molar-refractivity contribution in [3.8, 4) is 0 Å². The molecule has 0 aliphatic carbocycles. The number of carbonyl (C=O) groups is 2. The second-order valence-electron chi connectivity index (χ2n) is 3.95. The SMILES string of the molecule is CCCCNC(=O)CCN(CCOC)C(C)=O. The first kappa shape index (κ1) is 15.9. The molecule has 0 saturated carbocycles. The van der Waals surface area contributed by atoms with Gasteiger partial charge in [-0.1, -0.05) is 13.3 Å². The third kappa shape index (κ3) is 8.68. The van der Waals surface area contributed by atoms with Crippen molar-refractivity contribution in [2.45, 2.75) is 33.1 Å². The first-order valence-electron chi connectivity index (χ1n) is 6.13. The number of ether oxygens (including phenoxy) is 1. The van der Waals surface area contributed by atoms with Gasteiger partial charge in [0.05, 0.1) is 6.61 Å². The van der Waals surface area contributed by atoms with E-state index in [9.17, 15) is 9.59 Å². The van der Waals surface area contributed by atoms with E-state index in [0.717, 1.165) is 12.8 Å². The number of methoxy groups -OCH3 is 1. The van der Waals surface area contributed by atoms with Gasteiger partial charge in [0.2, 0.25) is 11.8 Å². The number of unbranched alkanes of at least 4 members (excludes halogenated alkanes) is 1. The lowest BCUT2D eigenvalue weighted by atomic mass is 10.3. The van der Waals surface area contributed by atoms with Gasteiger partial charge in [0, 0.05) is 40.1 Å². The Hall–Kier alpha value is -1.10. The van der Waals surface area contributed by atoms with Gasteiger partial charge in [0.15, 0.2) is 0 Å². The summed E-state index contributed by atoms with van der Waals surface area (Å²) in [5.74, 6) is -0.0227. The molecule has 0 aromatic heterocycles. The average molecular weight is 244 g/mol. The minimum atomic E-state index is -0.0246. The number of amides is 2. The Morgan fingerprint density at radius 1 is 1.29 bits per heavy atom. The smallest absolute Gasteiger partial charge is 0.221 e. The number of hydrogen-bond acceptors (Lipinski definition) is 3. The maximum absolute atomic E-state index is 11.4. The first-order valence-corrected chi connectivity index (χ1v) is 6.13. The Morgan fingerprint density at radius 2 is 2.00 bits per heavy atom. The quantitative estimate of drug-likeness (QED) is 0.610. The van der Waals surface area contributed by atoms with E-state index in [0.29, 0.717) is 32.7 Å². The summed E-state index contributed by atoms with van der Waals surface area (Å²) in [4.78, 5) is 24.3. The highest BCUT2D eigenvalue weighted by Gasteiger charge is 2.10. The van der Waals surface area contributed by atoms with Gasteiger partial charge in [0.1, 0.15) is 0 Å². The molecule has 0 aromatic rings. The molecule has 0 bridgehead atoms. The lowest BCUT2D eigenvalue weighted by Crippen LogP contribution is -2.36. The Bertz CT molecular complexity index is 232. The van der Waals surface area contributed by atoms with E-state index in [4.69, 9.17) is 4.74 Å². The molecule has 0 unspecified atom stereocenters. The largest absolute Gasteiger partial charge is 0.383 e. The average Bonchev–Trinajstić information content (AvgIpc) is 2.29. The fourth-order valence-electron chi connectivity index (χ4n) is 1.36. The minimum absolute atomic E-state index is 0.00196. The maximum atomic E-state index is 11.4. The van der Waals surface area contributed by atoms with Gasteiger partial charge < -0.3 is 15.0 Å². The van der Waals surface area contributed by atoms with Crippen molar-refractivity contribution in [3.63, 3.8) is 0 Å². The first-order chi connectivity index (χ1) is 8.11. The van der Waals surface area contributed by atoms with Crippen LogP contribution < -0.4 is 5.32 Å². The molecule has 0 heterocycles. The molecule has 5 heteroatoms. The molecule has 100 valence electrons. The zero-order valence-electron chi connectivity index (χ0n) is 11.1. The molecule has 0 saturated heterocycles. The second-order valence-corrected chi connectivity index (χ2v) is 3.95. The van der Waals surface area contributed by atoms with Gasteiger partial charge in [-0.15, -0.1) is 0 Å². The van der Waals surface area contributed by atoms with Crippen LogP contribution in [0.5, 0.6) is 0 Å². The normalized spacial score (nSPS) is 10.1. The van der Waals surface area contributed by atoms with Crippen LogP contribution in [0.25, 0.3) is 0 Å². The van der Waals surface area contributed by atoms with Crippen molar-refractivity contribution in [2.24, 2.45) is 0 Å². The predicted octanol–water partition coefficient (Wildman–Crippen LogP) is 0.788. The zero-order chi connectivity index (χ0) is 13.1. The third-order valence-electron chi connectivity index (χ3n) is 2.47. The standard InChI is InChI=1S/C12H24N2O3/c1-4-5-7-13-12(16)6-8-14(11(2)15)9-10-17-3/h4-10H2,1-3H3,(H,13,16). The molecule has 0 rings (SSSR count). The van der Waals surface area contributed by atoms with Crippen LogP contribution in [-0.4, -0.2) is 50.1 Å². The molecule has 2 amide bonds. The molecule has 1 N–H and O–H groups in total. The molecule has 0 fully saturated rings. The molecule has 17 heavy (non-hydrogen) atoms. The molecule has 0 aliphatic heterocycles. The van der Waals surface area contributed by atoms with Crippen molar-refractivity contribution in [1.29, 1.82) is 0 Å². The Morgan fingerprint density at radius 3 is 2.53 bits per heavy atom. The van der Waals surface area contributed by atoms with Crippen LogP contribution in [0.1, 0.15) is 33.1 Å². The van der Waals surface area contributed by atoms with Gasteiger partial charge in [0.25, 0.3) is 0 Å². The maximum Gasteiger partial charge on any atom is 0.221 e. The highest BCUT2D eigenvalue weighted by molar-refractivity contribution is 5.77. The summed E-state index contributed by atoms with van der Waals surface area (Å²) in [6, 6.07) is 0. The number of nitrogens with zero attached hydrogens (tertiary/aromatic N) is 1. The second kappa shape index (κ2) is 10.1. The van der Waals surface area contributed by atoms with E-state index in [1.165, 1.54) is 6.92 Å². The third-order valence-corrected chi connectivity index (χ3v) is 2.47. The topological polar surface area (TPSA) is 58.6 Å². The number of hydrogen-bond donors (Lipinski definition) is 1. The summed E-state index contributed by atoms with van der Waals surface area (Å²) in [6.07, 6.45) is 2.41. The summed E-state index contributed by atoms with van der Waals surface area (Å²) < 4.78 is 4.91. The number of nitrogens with one attached hydrogen (secondary N) is 1. The van der Waals surface area contributed by atoms with Crippen LogP contribution in [0.15, 0.2) is 0 Å². The van der Waals surface area contributed by atoms with E-state index in [1.807, 2.05) is 0 Å². The number of rotatable bonds is 9. The Labute approximate surface area is 103 Å². The minimum Gasteiger partial charge on any atom is -0.383 e. The van der Waals surface area contributed by atoms with Gasteiger partial charge in [-0.25, -0.2) is 0 Å². The predicted molar refractivity (Wildman–Crippen MR) is 66.7 cm³/mol. The van der Waals surface area contributed by atoms with Crippen molar-refractivity contribution in [2.75, 3.05) is 33.4 Å². The number of carbonyl (C=O) groups excluding carboxylic acids is 2. The zero-order valence-corrected chi connectivity index (χ0v) is 11.1. The lowest BCUT2D eigenvalue weighted by Gasteiger charge is -2.20. The van der Waals surface area contributed by atoms with Crippen molar-refractivity contribution in [3.05, 3.63) is 0 Å². The molecule has 0 spiro atoms. The van der Waals surface area contributed by atoms with Gasteiger partial charge >= 0.3 is 0 Å². The van der Waals surface area contributed by atoms with Crippen LogP contribution in [0, 0.1) is 0 Å². The summed E-state index contributed by atoms with van der Waals surface area (Å²) >= 11 is 0. The van der Waals surface area contributed by atoms with Gasteiger partial charge in [-0.3, -0.25) is 9.59 Å². The summed E-state index contributed by atoms with van der Waals surface area (Å²) in [5, 5.41) is 2.83. The molecular weight excluding hydrogens is 220 g/mol. The monoisotopic (exact) mass is 244 g/mol. The van der Waals surface area contributed by atoms with Crippen LogP contribution in [0.2, 0.25) is 0 Å². The van der Waals surface area contributed by atoms with E-state index in [-0.39, 0.29) is 11.8 Å². The van der Waals surface area contributed by atoms with E-state index in [1.54, 1.807) is 12.0 Å². The summed E-state index contributed by atoms with van der Waals surface area (Å²) in [6.45, 7) is 5.79. The highest BCUT2D eigenvalue weighted by atomic mass is 16.5. The highest BCUT2D eigenvalue weighted by Crippen LogP contribution is 1.94. The fraction of sp³-hybridized carbons (Fsp3) is 0.833. The molecular formula is C12H24N2O3. The van der Waals surface area contributed by atoms with E-state index in [2.05, 4.69) is 12.2 Å². The molecule has 0 atom stereocenters. The van der Waals surface area contributed by atoms with E-state index >= 15 is 0 Å². The Kier molecular flexibility index (Phi) is 9.43. The molecule has 0 aromatic carbocycles. The van der Waals surface area contributed by atoms with Crippen LogP contribution in [-0.2, 0) is 14.3 Å². The van der Waals surface area contributed by atoms with Crippen LogP contribution in [0.4, 0.5) is 0 Å².